The number of amides is 1. The summed E-state index contributed by atoms with van der Waals surface area (Å²) < 4.78 is 0. The average Bonchev–Trinajstić information content (AvgIpc) is 2.93. The van der Waals surface area contributed by atoms with E-state index in [1.54, 1.807) is 30.4 Å². The van der Waals surface area contributed by atoms with Crippen LogP contribution < -0.4 is 5.32 Å². The van der Waals surface area contributed by atoms with Gasteiger partial charge >= 0.3 is 0 Å². The standard InChI is InChI=1S/C16H17NO2S/c1-12(11-14-6-4-10-20-14)16(19)17-9-8-13-5-2-3-7-15(13)18/h2-7,10-11,18H,8-9H2,1H3,(H,17,19)/b12-11+. The van der Waals surface area contributed by atoms with Crippen molar-refractivity contribution in [1.29, 1.82) is 0 Å². The molecule has 0 unspecified atom stereocenters. The molecule has 3 nitrogen and oxygen atoms in total. The Kier molecular flexibility index (Phi) is 4.96. The number of aromatic hydroxyl groups is 1. The van der Waals surface area contributed by atoms with Crippen LogP contribution in [0.2, 0.25) is 0 Å². The normalized spacial score (nSPS) is 11.3. The Hall–Kier alpha value is -2.07. The van der Waals surface area contributed by atoms with Gasteiger partial charge in [0.1, 0.15) is 5.75 Å². The fraction of sp³-hybridized carbons (Fsp3) is 0.188. The number of hydrogen-bond donors (Lipinski definition) is 2. The molecule has 1 amide bonds. The quantitative estimate of drug-likeness (QED) is 0.830. The lowest BCUT2D eigenvalue weighted by Gasteiger charge is -2.06. The smallest absolute Gasteiger partial charge is 0.246 e. The highest BCUT2D eigenvalue weighted by Crippen LogP contribution is 2.16. The highest BCUT2D eigenvalue weighted by atomic mass is 32.1. The summed E-state index contributed by atoms with van der Waals surface area (Å²) in [6.45, 7) is 2.31. The van der Waals surface area contributed by atoms with E-state index in [0.717, 1.165) is 10.4 Å². The van der Waals surface area contributed by atoms with Gasteiger partial charge in [-0.1, -0.05) is 24.3 Å². The number of benzene rings is 1. The summed E-state index contributed by atoms with van der Waals surface area (Å²) in [5.74, 6) is 0.196. The largest absolute Gasteiger partial charge is 0.508 e. The van der Waals surface area contributed by atoms with E-state index >= 15 is 0 Å². The minimum absolute atomic E-state index is 0.0752. The zero-order chi connectivity index (χ0) is 14.4. The molecule has 0 radical (unpaired) electrons. The first-order valence-corrected chi connectivity index (χ1v) is 7.31. The van der Waals surface area contributed by atoms with Gasteiger partial charge in [0, 0.05) is 17.0 Å². The van der Waals surface area contributed by atoms with Crippen molar-refractivity contribution in [2.24, 2.45) is 0 Å². The zero-order valence-electron chi connectivity index (χ0n) is 11.3. The second-order valence-corrected chi connectivity index (χ2v) is 5.46. The average molecular weight is 287 g/mol. The Balaban J connectivity index is 1.85. The number of rotatable bonds is 5. The van der Waals surface area contributed by atoms with Crippen molar-refractivity contribution < 1.29 is 9.90 Å². The molecule has 0 spiro atoms. The first-order chi connectivity index (χ1) is 9.66. The summed E-state index contributed by atoms with van der Waals surface area (Å²) in [4.78, 5) is 13.0. The van der Waals surface area contributed by atoms with Crippen LogP contribution in [0.15, 0.2) is 47.4 Å². The number of carbonyl (C=O) groups is 1. The molecule has 0 saturated heterocycles. The maximum absolute atomic E-state index is 11.9. The summed E-state index contributed by atoms with van der Waals surface area (Å²) in [7, 11) is 0. The number of thiophene rings is 1. The fourth-order valence-corrected chi connectivity index (χ4v) is 2.54. The molecule has 0 saturated carbocycles. The van der Waals surface area contributed by atoms with Crippen LogP contribution in [-0.2, 0) is 11.2 Å². The number of nitrogens with one attached hydrogen (secondary N) is 1. The molecule has 0 bridgehead atoms. The van der Waals surface area contributed by atoms with E-state index in [1.807, 2.05) is 35.7 Å². The van der Waals surface area contributed by atoms with Crippen LogP contribution in [0.5, 0.6) is 5.75 Å². The van der Waals surface area contributed by atoms with E-state index in [-0.39, 0.29) is 11.7 Å². The highest BCUT2D eigenvalue weighted by molar-refractivity contribution is 7.10. The van der Waals surface area contributed by atoms with Gasteiger partial charge < -0.3 is 10.4 Å². The van der Waals surface area contributed by atoms with Crippen molar-refractivity contribution in [2.75, 3.05) is 6.54 Å². The van der Waals surface area contributed by atoms with Gasteiger partial charge in [0.15, 0.2) is 0 Å². The van der Waals surface area contributed by atoms with Crippen molar-refractivity contribution in [2.45, 2.75) is 13.3 Å². The van der Waals surface area contributed by atoms with Crippen molar-refractivity contribution in [1.82, 2.24) is 5.32 Å². The van der Waals surface area contributed by atoms with Crippen molar-refractivity contribution >= 4 is 23.3 Å². The van der Waals surface area contributed by atoms with Crippen LogP contribution in [0.25, 0.3) is 6.08 Å². The third kappa shape index (κ3) is 3.96. The number of phenols is 1. The molecule has 1 heterocycles. The van der Waals surface area contributed by atoms with E-state index in [4.69, 9.17) is 0 Å². The topological polar surface area (TPSA) is 49.3 Å². The minimum atomic E-state index is -0.0752. The Morgan fingerprint density at radius 2 is 2.10 bits per heavy atom. The first-order valence-electron chi connectivity index (χ1n) is 6.43. The lowest BCUT2D eigenvalue weighted by molar-refractivity contribution is -0.117. The van der Waals surface area contributed by atoms with Crippen molar-refractivity contribution in [3.05, 3.63) is 57.8 Å². The van der Waals surface area contributed by atoms with Crippen LogP contribution >= 0.6 is 11.3 Å². The Morgan fingerprint density at radius 3 is 2.80 bits per heavy atom. The molecule has 0 aliphatic heterocycles. The van der Waals surface area contributed by atoms with Gasteiger partial charge in [-0.15, -0.1) is 11.3 Å². The summed E-state index contributed by atoms with van der Waals surface area (Å²) in [5, 5.41) is 14.5. The number of hydrogen-bond acceptors (Lipinski definition) is 3. The molecular formula is C16H17NO2S. The maximum atomic E-state index is 11.9. The molecule has 2 rings (SSSR count). The van der Waals surface area contributed by atoms with E-state index in [2.05, 4.69) is 5.32 Å². The van der Waals surface area contributed by atoms with Crippen LogP contribution in [-0.4, -0.2) is 17.6 Å². The molecule has 1 aromatic heterocycles. The van der Waals surface area contributed by atoms with Crippen LogP contribution in [0.3, 0.4) is 0 Å². The molecule has 2 aromatic rings. The molecule has 0 atom stereocenters. The van der Waals surface area contributed by atoms with Gasteiger partial charge in [0.2, 0.25) is 5.91 Å². The minimum Gasteiger partial charge on any atom is -0.508 e. The van der Waals surface area contributed by atoms with E-state index < -0.39 is 0 Å². The second kappa shape index (κ2) is 6.91. The first kappa shape index (κ1) is 14.3. The fourth-order valence-electron chi connectivity index (χ4n) is 1.82. The maximum Gasteiger partial charge on any atom is 0.246 e. The van der Waals surface area contributed by atoms with Crippen molar-refractivity contribution in [3.8, 4) is 5.75 Å². The van der Waals surface area contributed by atoms with Gasteiger partial charge in [0.05, 0.1) is 0 Å². The van der Waals surface area contributed by atoms with Gasteiger partial charge in [-0.2, -0.15) is 0 Å². The molecule has 4 heteroatoms. The SMILES string of the molecule is C/C(=C\c1cccs1)C(=O)NCCc1ccccc1O. The lowest BCUT2D eigenvalue weighted by Crippen LogP contribution is -2.26. The molecule has 20 heavy (non-hydrogen) atoms. The van der Waals surface area contributed by atoms with Crippen LogP contribution in [0, 0.1) is 0 Å². The summed E-state index contributed by atoms with van der Waals surface area (Å²) in [6, 6.07) is 11.1. The molecule has 0 fully saturated rings. The zero-order valence-corrected chi connectivity index (χ0v) is 12.1. The Labute approximate surface area is 122 Å². The summed E-state index contributed by atoms with van der Waals surface area (Å²) in [5.41, 5.74) is 1.53. The van der Waals surface area contributed by atoms with Gasteiger partial charge in [0.25, 0.3) is 0 Å². The summed E-state index contributed by atoms with van der Waals surface area (Å²) >= 11 is 1.60. The Morgan fingerprint density at radius 1 is 1.30 bits per heavy atom. The van der Waals surface area contributed by atoms with E-state index in [0.29, 0.717) is 18.5 Å². The molecule has 0 aliphatic carbocycles. The monoisotopic (exact) mass is 287 g/mol. The van der Waals surface area contributed by atoms with Gasteiger partial charge in [-0.3, -0.25) is 4.79 Å². The molecule has 104 valence electrons. The highest BCUT2D eigenvalue weighted by Gasteiger charge is 2.05. The molecule has 2 N–H and O–H groups in total. The predicted molar refractivity (Wildman–Crippen MR) is 82.8 cm³/mol. The third-order valence-electron chi connectivity index (χ3n) is 2.93. The number of carbonyl (C=O) groups excluding carboxylic acids is 1. The molecular weight excluding hydrogens is 270 g/mol. The molecule has 1 aromatic carbocycles. The van der Waals surface area contributed by atoms with Gasteiger partial charge in [-0.25, -0.2) is 0 Å². The van der Waals surface area contributed by atoms with Crippen LogP contribution in [0.1, 0.15) is 17.4 Å². The molecule has 0 aliphatic rings. The van der Waals surface area contributed by atoms with Crippen molar-refractivity contribution in [3.63, 3.8) is 0 Å². The van der Waals surface area contributed by atoms with Gasteiger partial charge in [-0.05, 0) is 42.5 Å². The summed E-state index contributed by atoms with van der Waals surface area (Å²) in [6.07, 6.45) is 2.49. The lowest BCUT2D eigenvalue weighted by atomic mass is 10.1. The predicted octanol–water partition coefficient (Wildman–Crippen LogP) is 3.22. The van der Waals surface area contributed by atoms with E-state index in [1.165, 1.54) is 0 Å². The number of para-hydroxylation sites is 1. The third-order valence-corrected chi connectivity index (χ3v) is 3.75. The van der Waals surface area contributed by atoms with Crippen LogP contribution in [0.4, 0.5) is 0 Å². The van der Waals surface area contributed by atoms with E-state index in [9.17, 15) is 9.90 Å². The second-order valence-electron chi connectivity index (χ2n) is 4.48. The number of phenolic OH excluding ortho intramolecular Hbond substituents is 1. The Bertz CT molecular complexity index is 603.